The zero-order valence-electron chi connectivity index (χ0n) is 9.92. The summed E-state index contributed by atoms with van der Waals surface area (Å²) in [6.45, 7) is 1.88. The second kappa shape index (κ2) is 6.83. The molecule has 3 nitrogen and oxygen atoms in total. The first-order chi connectivity index (χ1) is 7.24. The number of rotatable bonds is 3. The van der Waals surface area contributed by atoms with E-state index in [1.807, 2.05) is 6.92 Å². The number of esters is 1. The van der Waals surface area contributed by atoms with Crippen molar-refractivity contribution in [3.8, 4) is 0 Å². The highest BCUT2D eigenvalue weighted by Crippen LogP contribution is 2.17. The maximum Gasteiger partial charge on any atom is 0.322 e. The highest BCUT2D eigenvalue weighted by molar-refractivity contribution is 5.75. The average molecular weight is 213 g/mol. The maximum absolute atomic E-state index is 11.3. The van der Waals surface area contributed by atoms with E-state index in [1.54, 1.807) is 0 Å². The van der Waals surface area contributed by atoms with Crippen LogP contribution in [0.25, 0.3) is 0 Å². The van der Waals surface area contributed by atoms with Crippen LogP contribution < -0.4 is 5.32 Å². The summed E-state index contributed by atoms with van der Waals surface area (Å²) in [7, 11) is 1.44. The van der Waals surface area contributed by atoms with Crippen molar-refractivity contribution in [2.75, 3.05) is 7.11 Å². The van der Waals surface area contributed by atoms with Crippen LogP contribution >= 0.6 is 0 Å². The fourth-order valence-corrected chi connectivity index (χ4v) is 2.22. The van der Waals surface area contributed by atoms with E-state index in [1.165, 1.54) is 52.1 Å². The van der Waals surface area contributed by atoms with Gasteiger partial charge in [-0.1, -0.05) is 32.1 Å². The van der Waals surface area contributed by atoms with Crippen LogP contribution in [0.5, 0.6) is 0 Å². The van der Waals surface area contributed by atoms with Gasteiger partial charge in [0.15, 0.2) is 0 Å². The molecule has 0 aromatic heterocycles. The van der Waals surface area contributed by atoms with Gasteiger partial charge >= 0.3 is 5.97 Å². The van der Waals surface area contributed by atoms with Gasteiger partial charge in [-0.05, 0) is 19.8 Å². The third-order valence-corrected chi connectivity index (χ3v) is 3.15. The van der Waals surface area contributed by atoms with Crippen LogP contribution in [0.1, 0.15) is 51.9 Å². The third-order valence-electron chi connectivity index (χ3n) is 3.15. The number of carbonyl (C=O) groups is 1. The van der Waals surface area contributed by atoms with Crippen molar-refractivity contribution >= 4 is 5.97 Å². The van der Waals surface area contributed by atoms with Crippen LogP contribution in [0.15, 0.2) is 0 Å². The molecule has 0 spiro atoms. The first-order valence-electron chi connectivity index (χ1n) is 6.08. The first-order valence-corrected chi connectivity index (χ1v) is 6.08. The Morgan fingerprint density at radius 2 is 1.73 bits per heavy atom. The van der Waals surface area contributed by atoms with Crippen molar-refractivity contribution in [3.63, 3.8) is 0 Å². The predicted molar refractivity (Wildman–Crippen MR) is 60.7 cm³/mol. The topological polar surface area (TPSA) is 38.3 Å². The lowest BCUT2D eigenvalue weighted by atomic mass is 9.96. The highest BCUT2D eigenvalue weighted by atomic mass is 16.5. The van der Waals surface area contributed by atoms with Crippen LogP contribution in [0.3, 0.4) is 0 Å². The van der Waals surface area contributed by atoms with Gasteiger partial charge in [-0.25, -0.2) is 0 Å². The molecule has 1 atom stereocenters. The molecule has 3 heteroatoms. The summed E-state index contributed by atoms with van der Waals surface area (Å²) in [5.74, 6) is -0.156. The number of hydrogen-bond donors (Lipinski definition) is 1. The Hall–Kier alpha value is -0.570. The molecule has 0 bridgehead atoms. The van der Waals surface area contributed by atoms with Crippen LogP contribution in [-0.4, -0.2) is 25.2 Å². The van der Waals surface area contributed by atoms with Gasteiger partial charge in [0.25, 0.3) is 0 Å². The normalized spacial score (nSPS) is 21.5. The van der Waals surface area contributed by atoms with Gasteiger partial charge in [0, 0.05) is 6.04 Å². The zero-order chi connectivity index (χ0) is 11.1. The van der Waals surface area contributed by atoms with E-state index < -0.39 is 0 Å². The summed E-state index contributed by atoms with van der Waals surface area (Å²) in [5, 5.41) is 3.36. The van der Waals surface area contributed by atoms with Crippen molar-refractivity contribution in [2.24, 2.45) is 0 Å². The third kappa shape index (κ3) is 4.65. The van der Waals surface area contributed by atoms with Gasteiger partial charge in [-0.3, -0.25) is 4.79 Å². The summed E-state index contributed by atoms with van der Waals surface area (Å²) >= 11 is 0. The largest absolute Gasteiger partial charge is 0.468 e. The van der Waals surface area contributed by atoms with Gasteiger partial charge in [0.2, 0.25) is 0 Å². The molecule has 1 saturated carbocycles. The summed E-state index contributed by atoms with van der Waals surface area (Å²) in [6.07, 6.45) is 9.01. The smallest absolute Gasteiger partial charge is 0.322 e. The number of nitrogens with one attached hydrogen (secondary N) is 1. The average Bonchev–Trinajstić information content (AvgIpc) is 2.20. The Bertz CT molecular complexity index is 186. The van der Waals surface area contributed by atoms with Gasteiger partial charge in [-0.15, -0.1) is 0 Å². The maximum atomic E-state index is 11.3. The van der Waals surface area contributed by atoms with Crippen LogP contribution in [0.4, 0.5) is 0 Å². The molecule has 1 rings (SSSR count). The molecule has 1 aliphatic rings. The van der Waals surface area contributed by atoms with E-state index in [2.05, 4.69) is 5.32 Å². The molecule has 1 aliphatic carbocycles. The Balaban J connectivity index is 2.31. The monoisotopic (exact) mass is 213 g/mol. The Labute approximate surface area is 92.6 Å². The van der Waals surface area contributed by atoms with Gasteiger partial charge < -0.3 is 10.1 Å². The molecule has 0 aromatic rings. The lowest BCUT2D eigenvalue weighted by Gasteiger charge is -2.23. The first kappa shape index (κ1) is 12.5. The van der Waals surface area contributed by atoms with E-state index in [4.69, 9.17) is 4.74 Å². The summed E-state index contributed by atoms with van der Waals surface area (Å²) in [6, 6.07) is 0.332. The van der Waals surface area contributed by atoms with E-state index in [9.17, 15) is 4.79 Å². The second-order valence-electron chi connectivity index (χ2n) is 4.45. The molecule has 1 fully saturated rings. The van der Waals surface area contributed by atoms with E-state index in [0.717, 1.165) is 0 Å². The number of carbonyl (C=O) groups excluding carboxylic acids is 1. The minimum absolute atomic E-state index is 0.156. The Morgan fingerprint density at radius 1 is 1.20 bits per heavy atom. The quantitative estimate of drug-likeness (QED) is 0.731. The van der Waals surface area contributed by atoms with Crippen molar-refractivity contribution in [1.29, 1.82) is 0 Å². The Kier molecular flexibility index (Phi) is 5.69. The molecule has 0 aliphatic heterocycles. The fraction of sp³-hybridized carbons (Fsp3) is 0.917. The van der Waals surface area contributed by atoms with Crippen LogP contribution in [-0.2, 0) is 9.53 Å². The standard InChI is InChI=1S/C12H23NO2/c1-10(12(14)15-2)13-11-8-6-4-3-5-7-9-11/h10-11,13H,3-9H2,1-2H3. The van der Waals surface area contributed by atoms with Gasteiger partial charge in [-0.2, -0.15) is 0 Å². The molecule has 1 unspecified atom stereocenters. The molecule has 0 radical (unpaired) electrons. The van der Waals surface area contributed by atoms with E-state index in [0.29, 0.717) is 6.04 Å². The van der Waals surface area contributed by atoms with Crippen molar-refractivity contribution in [1.82, 2.24) is 5.32 Å². The lowest BCUT2D eigenvalue weighted by Crippen LogP contribution is -2.42. The Morgan fingerprint density at radius 3 is 2.27 bits per heavy atom. The molecule has 0 saturated heterocycles. The number of methoxy groups -OCH3 is 1. The van der Waals surface area contributed by atoms with Crippen molar-refractivity contribution in [2.45, 2.75) is 64.0 Å². The van der Waals surface area contributed by atoms with Gasteiger partial charge in [0.05, 0.1) is 7.11 Å². The van der Waals surface area contributed by atoms with Gasteiger partial charge in [0.1, 0.15) is 6.04 Å². The zero-order valence-corrected chi connectivity index (χ0v) is 9.92. The van der Waals surface area contributed by atoms with Crippen molar-refractivity contribution < 1.29 is 9.53 Å². The summed E-state index contributed by atoms with van der Waals surface area (Å²) in [5.41, 5.74) is 0. The molecule has 0 amide bonds. The summed E-state index contributed by atoms with van der Waals surface area (Å²) in [4.78, 5) is 11.3. The second-order valence-corrected chi connectivity index (χ2v) is 4.45. The molecule has 15 heavy (non-hydrogen) atoms. The fourth-order valence-electron chi connectivity index (χ4n) is 2.22. The molecule has 88 valence electrons. The molecule has 0 heterocycles. The number of ether oxygens (including phenoxy) is 1. The lowest BCUT2D eigenvalue weighted by molar-refractivity contribution is -0.142. The van der Waals surface area contributed by atoms with Crippen molar-refractivity contribution in [3.05, 3.63) is 0 Å². The molecular weight excluding hydrogens is 190 g/mol. The van der Waals surface area contributed by atoms with Crippen LogP contribution in [0.2, 0.25) is 0 Å². The predicted octanol–water partition coefficient (Wildman–Crippen LogP) is 2.25. The van der Waals surface area contributed by atoms with E-state index >= 15 is 0 Å². The minimum atomic E-state index is -0.167. The minimum Gasteiger partial charge on any atom is -0.468 e. The molecular formula is C12H23NO2. The van der Waals surface area contributed by atoms with Crippen LogP contribution in [0, 0.1) is 0 Å². The SMILES string of the molecule is COC(=O)C(C)NC1CCCCCCC1. The highest BCUT2D eigenvalue weighted by Gasteiger charge is 2.18. The van der Waals surface area contributed by atoms with E-state index in [-0.39, 0.29) is 12.0 Å². The summed E-state index contributed by atoms with van der Waals surface area (Å²) < 4.78 is 4.71. The number of hydrogen-bond acceptors (Lipinski definition) is 3. The molecule has 1 N–H and O–H groups in total. The molecule has 0 aromatic carbocycles.